The molecule has 0 atom stereocenters. The third-order valence-corrected chi connectivity index (χ3v) is 3.78. The van der Waals surface area contributed by atoms with Crippen molar-refractivity contribution in [2.45, 2.75) is 0 Å². The van der Waals surface area contributed by atoms with Crippen LogP contribution in [-0.2, 0) is 0 Å². The van der Waals surface area contributed by atoms with Gasteiger partial charge in [-0.1, -0.05) is 23.7 Å². The predicted octanol–water partition coefficient (Wildman–Crippen LogP) is 2.77. The number of hydrogen-bond acceptors (Lipinski definition) is 3. The SMILES string of the molecule is Nc1ccc(-n2sc3ccccc3c2=O)c(F)c1. The summed E-state index contributed by atoms with van der Waals surface area (Å²) in [4.78, 5) is 12.1. The number of benzene rings is 2. The first kappa shape index (κ1) is 11.0. The lowest BCUT2D eigenvalue weighted by Gasteiger charge is -2.02. The Bertz CT molecular complexity index is 791. The van der Waals surface area contributed by atoms with Crippen molar-refractivity contribution >= 4 is 27.3 Å². The maximum atomic E-state index is 13.8. The summed E-state index contributed by atoms with van der Waals surface area (Å²) >= 11 is 1.22. The van der Waals surface area contributed by atoms with Gasteiger partial charge in [0.25, 0.3) is 5.56 Å². The average molecular weight is 260 g/mol. The van der Waals surface area contributed by atoms with Gasteiger partial charge in [0.2, 0.25) is 0 Å². The molecule has 2 aromatic carbocycles. The van der Waals surface area contributed by atoms with Gasteiger partial charge in [0, 0.05) is 5.69 Å². The number of nitrogens with zero attached hydrogens (tertiary/aromatic N) is 1. The molecule has 3 aromatic rings. The monoisotopic (exact) mass is 260 g/mol. The van der Waals surface area contributed by atoms with Crippen molar-refractivity contribution in [1.29, 1.82) is 0 Å². The van der Waals surface area contributed by atoms with Gasteiger partial charge in [-0.3, -0.25) is 4.79 Å². The van der Waals surface area contributed by atoms with Crippen molar-refractivity contribution in [1.82, 2.24) is 3.96 Å². The molecule has 90 valence electrons. The van der Waals surface area contributed by atoms with E-state index in [0.29, 0.717) is 11.1 Å². The van der Waals surface area contributed by atoms with Crippen LogP contribution in [0.4, 0.5) is 10.1 Å². The van der Waals surface area contributed by atoms with E-state index >= 15 is 0 Å². The van der Waals surface area contributed by atoms with Crippen LogP contribution >= 0.6 is 11.5 Å². The van der Waals surface area contributed by atoms with Gasteiger partial charge in [-0.25, -0.2) is 8.35 Å². The van der Waals surface area contributed by atoms with E-state index in [9.17, 15) is 9.18 Å². The number of fused-ring (bicyclic) bond motifs is 1. The molecule has 0 radical (unpaired) electrons. The molecule has 0 aliphatic heterocycles. The summed E-state index contributed by atoms with van der Waals surface area (Å²) in [7, 11) is 0. The van der Waals surface area contributed by atoms with Crippen molar-refractivity contribution in [2.24, 2.45) is 0 Å². The van der Waals surface area contributed by atoms with Gasteiger partial charge in [0.15, 0.2) is 0 Å². The first-order valence-electron chi connectivity index (χ1n) is 5.33. The number of aromatic nitrogens is 1. The normalized spacial score (nSPS) is 10.9. The summed E-state index contributed by atoms with van der Waals surface area (Å²) < 4.78 is 16.0. The van der Waals surface area contributed by atoms with Crippen LogP contribution in [0.3, 0.4) is 0 Å². The molecular formula is C13H9FN2OS. The summed E-state index contributed by atoms with van der Waals surface area (Å²) in [5, 5.41) is 0.596. The van der Waals surface area contributed by atoms with E-state index in [0.717, 1.165) is 4.70 Å². The zero-order valence-corrected chi connectivity index (χ0v) is 10.1. The van der Waals surface area contributed by atoms with Crippen LogP contribution in [0.5, 0.6) is 0 Å². The molecule has 3 rings (SSSR count). The number of nitrogen functional groups attached to an aromatic ring is 1. The van der Waals surface area contributed by atoms with Crippen LogP contribution in [0.2, 0.25) is 0 Å². The molecule has 1 aromatic heterocycles. The molecule has 0 amide bonds. The molecule has 0 aliphatic rings. The van der Waals surface area contributed by atoms with Crippen molar-refractivity contribution in [3.63, 3.8) is 0 Å². The van der Waals surface area contributed by atoms with E-state index in [4.69, 9.17) is 5.73 Å². The fourth-order valence-electron chi connectivity index (χ4n) is 1.82. The number of rotatable bonds is 1. The maximum absolute atomic E-state index is 13.8. The molecular weight excluding hydrogens is 251 g/mol. The van der Waals surface area contributed by atoms with Crippen LogP contribution in [0, 0.1) is 5.82 Å². The summed E-state index contributed by atoms with van der Waals surface area (Å²) in [5.74, 6) is -0.497. The second-order valence-corrected chi connectivity index (χ2v) is 4.89. The quantitative estimate of drug-likeness (QED) is 0.684. The third-order valence-electron chi connectivity index (χ3n) is 2.68. The molecule has 0 spiro atoms. The van der Waals surface area contributed by atoms with Crippen molar-refractivity contribution in [3.05, 3.63) is 58.6 Å². The Morgan fingerprint density at radius 3 is 2.67 bits per heavy atom. The minimum absolute atomic E-state index is 0.209. The number of hydrogen-bond donors (Lipinski definition) is 1. The minimum Gasteiger partial charge on any atom is -0.399 e. The number of anilines is 1. The molecule has 3 nitrogen and oxygen atoms in total. The zero-order chi connectivity index (χ0) is 12.7. The molecule has 5 heteroatoms. The lowest BCUT2D eigenvalue weighted by atomic mass is 10.2. The molecule has 1 heterocycles. The fraction of sp³-hybridized carbons (Fsp3) is 0. The summed E-state index contributed by atoms with van der Waals surface area (Å²) in [6.07, 6.45) is 0. The largest absolute Gasteiger partial charge is 0.399 e. The second kappa shape index (κ2) is 3.96. The predicted molar refractivity (Wildman–Crippen MR) is 71.8 cm³/mol. The Hall–Kier alpha value is -2.14. The Morgan fingerprint density at radius 2 is 1.94 bits per heavy atom. The average Bonchev–Trinajstić information content (AvgIpc) is 2.68. The van der Waals surface area contributed by atoms with E-state index in [1.165, 1.54) is 27.6 Å². The Kier molecular flexibility index (Phi) is 2.41. The van der Waals surface area contributed by atoms with Gasteiger partial charge in [0.1, 0.15) is 5.82 Å². The highest BCUT2D eigenvalue weighted by molar-refractivity contribution is 7.14. The number of nitrogens with two attached hydrogens (primary N) is 1. The first-order chi connectivity index (χ1) is 8.66. The smallest absolute Gasteiger partial charge is 0.273 e. The van der Waals surface area contributed by atoms with Crippen molar-refractivity contribution in [2.75, 3.05) is 5.73 Å². The third kappa shape index (κ3) is 1.60. The summed E-state index contributed by atoms with van der Waals surface area (Å²) in [5.41, 5.74) is 5.86. The molecule has 2 N–H and O–H groups in total. The van der Waals surface area contributed by atoms with Crippen LogP contribution in [-0.4, -0.2) is 3.96 Å². The van der Waals surface area contributed by atoms with Crippen LogP contribution < -0.4 is 11.3 Å². The Balaban J connectivity index is 2.32. The summed E-state index contributed by atoms with van der Waals surface area (Å²) in [6, 6.07) is 11.5. The van der Waals surface area contributed by atoms with E-state index < -0.39 is 5.82 Å². The van der Waals surface area contributed by atoms with Crippen molar-refractivity contribution < 1.29 is 4.39 Å². The minimum atomic E-state index is -0.497. The highest BCUT2D eigenvalue weighted by Gasteiger charge is 2.12. The molecule has 18 heavy (non-hydrogen) atoms. The topological polar surface area (TPSA) is 48.0 Å². The lowest BCUT2D eigenvalue weighted by Crippen LogP contribution is -2.12. The molecule has 0 bridgehead atoms. The van der Waals surface area contributed by atoms with E-state index in [1.807, 2.05) is 12.1 Å². The Morgan fingerprint density at radius 1 is 1.17 bits per heavy atom. The highest BCUT2D eigenvalue weighted by atomic mass is 32.1. The molecule has 0 saturated heterocycles. The second-order valence-electron chi connectivity index (χ2n) is 3.90. The zero-order valence-electron chi connectivity index (χ0n) is 9.26. The maximum Gasteiger partial charge on any atom is 0.273 e. The first-order valence-corrected chi connectivity index (χ1v) is 6.10. The van der Waals surface area contributed by atoms with Crippen molar-refractivity contribution in [3.8, 4) is 5.69 Å². The molecule has 0 fully saturated rings. The summed E-state index contributed by atoms with van der Waals surface area (Å²) in [6.45, 7) is 0. The van der Waals surface area contributed by atoms with Crippen LogP contribution in [0.25, 0.3) is 15.8 Å². The molecule has 0 unspecified atom stereocenters. The van der Waals surface area contributed by atoms with Gasteiger partial charge >= 0.3 is 0 Å². The Labute approximate surface area is 106 Å². The van der Waals surface area contributed by atoms with E-state index in [2.05, 4.69) is 0 Å². The van der Waals surface area contributed by atoms with E-state index in [1.54, 1.807) is 18.2 Å². The number of halogens is 1. The fourth-order valence-corrected chi connectivity index (χ4v) is 2.84. The van der Waals surface area contributed by atoms with Gasteiger partial charge < -0.3 is 5.73 Å². The van der Waals surface area contributed by atoms with Crippen LogP contribution in [0.15, 0.2) is 47.3 Å². The molecule has 0 aliphatic carbocycles. The standard InChI is InChI=1S/C13H9FN2OS/c14-10-7-8(15)5-6-11(10)16-13(17)9-3-1-2-4-12(9)18-16/h1-7H,15H2. The van der Waals surface area contributed by atoms with E-state index in [-0.39, 0.29) is 11.2 Å². The van der Waals surface area contributed by atoms with Gasteiger partial charge in [-0.2, -0.15) is 0 Å². The van der Waals surface area contributed by atoms with Gasteiger partial charge in [-0.05, 0) is 30.3 Å². The van der Waals surface area contributed by atoms with Gasteiger partial charge in [0.05, 0.1) is 15.8 Å². The van der Waals surface area contributed by atoms with Gasteiger partial charge in [-0.15, -0.1) is 0 Å². The highest BCUT2D eigenvalue weighted by Crippen LogP contribution is 2.22. The lowest BCUT2D eigenvalue weighted by molar-refractivity contribution is 0.621. The molecule has 0 saturated carbocycles. The van der Waals surface area contributed by atoms with Crippen LogP contribution in [0.1, 0.15) is 0 Å².